The number of hydrogen-bond acceptors (Lipinski definition) is 5. The highest BCUT2D eigenvalue weighted by Crippen LogP contribution is 2.30. The number of carbonyl (C=O) groups excluding carboxylic acids is 1. The highest BCUT2D eigenvalue weighted by Gasteiger charge is 2.24. The Hall–Kier alpha value is -3.21. The van der Waals surface area contributed by atoms with Gasteiger partial charge in [0, 0.05) is 16.1 Å². The second kappa shape index (κ2) is 8.88. The first-order valence-electron chi connectivity index (χ1n) is 8.40. The molecule has 8 nitrogen and oxygen atoms in total. The van der Waals surface area contributed by atoms with E-state index in [1.807, 2.05) is 0 Å². The quantitative estimate of drug-likeness (QED) is 0.373. The van der Waals surface area contributed by atoms with Crippen LogP contribution in [0.25, 0.3) is 0 Å². The summed E-state index contributed by atoms with van der Waals surface area (Å²) in [5.41, 5.74) is -1.07. The number of hydrogen-bond donors (Lipinski definition) is 2. The van der Waals surface area contributed by atoms with Gasteiger partial charge in [-0.2, -0.15) is 0 Å². The van der Waals surface area contributed by atoms with Gasteiger partial charge in [0.15, 0.2) is 0 Å². The highest BCUT2D eigenvalue weighted by atomic mass is 35.5. The second-order valence-corrected chi connectivity index (χ2v) is 8.62. The van der Waals surface area contributed by atoms with Gasteiger partial charge in [0.2, 0.25) is 0 Å². The topological polar surface area (TPSA) is 118 Å². The molecule has 0 aliphatic heterocycles. The normalized spacial score (nSPS) is 11.1. The van der Waals surface area contributed by atoms with Crippen LogP contribution in [0.1, 0.15) is 10.4 Å². The molecular formula is C19H12Cl2FN3O5S. The number of nitro groups is 1. The van der Waals surface area contributed by atoms with E-state index < -0.39 is 37.3 Å². The van der Waals surface area contributed by atoms with Gasteiger partial charge in [-0.15, -0.1) is 0 Å². The minimum Gasteiger partial charge on any atom is -0.320 e. The Kier molecular flexibility index (Phi) is 6.44. The molecule has 0 aromatic heterocycles. The number of sulfonamides is 1. The van der Waals surface area contributed by atoms with Crippen molar-refractivity contribution in [3.63, 3.8) is 0 Å². The fourth-order valence-electron chi connectivity index (χ4n) is 2.61. The van der Waals surface area contributed by atoms with Crippen molar-refractivity contribution in [1.29, 1.82) is 0 Å². The van der Waals surface area contributed by atoms with Crippen molar-refractivity contribution >= 4 is 56.2 Å². The third kappa shape index (κ3) is 5.10. The lowest BCUT2D eigenvalue weighted by Crippen LogP contribution is -2.18. The molecule has 0 saturated heterocycles. The largest absolute Gasteiger partial charge is 0.320 e. The molecule has 0 spiro atoms. The molecule has 0 aliphatic rings. The molecule has 0 saturated carbocycles. The molecule has 0 aliphatic carbocycles. The molecule has 3 aromatic carbocycles. The first-order valence-corrected chi connectivity index (χ1v) is 10.6. The van der Waals surface area contributed by atoms with Crippen molar-refractivity contribution < 1.29 is 22.5 Å². The van der Waals surface area contributed by atoms with E-state index >= 15 is 0 Å². The predicted molar refractivity (Wildman–Crippen MR) is 115 cm³/mol. The van der Waals surface area contributed by atoms with Crippen LogP contribution in [0.4, 0.5) is 21.5 Å². The zero-order valence-corrected chi connectivity index (χ0v) is 17.6. The van der Waals surface area contributed by atoms with Crippen LogP contribution in [0.5, 0.6) is 0 Å². The first-order chi connectivity index (χ1) is 14.6. The summed E-state index contributed by atoms with van der Waals surface area (Å²) >= 11 is 11.7. The van der Waals surface area contributed by atoms with Gasteiger partial charge in [0.25, 0.3) is 21.6 Å². The maximum absolute atomic E-state index is 14.0. The minimum absolute atomic E-state index is 0.0596. The number of amides is 1. The van der Waals surface area contributed by atoms with E-state index in [1.54, 1.807) is 0 Å². The van der Waals surface area contributed by atoms with Crippen LogP contribution in [-0.4, -0.2) is 19.2 Å². The Bertz CT molecular complexity index is 1300. The van der Waals surface area contributed by atoms with E-state index in [-0.39, 0.29) is 27.0 Å². The number of rotatable bonds is 6. The molecule has 3 rings (SSSR count). The van der Waals surface area contributed by atoms with Crippen molar-refractivity contribution in [1.82, 2.24) is 0 Å². The maximum Gasteiger partial charge on any atom is 0.283 e. The van der Waals surface area contributed by atoms with Crippen LogP contribution in [0.3, 0.4) is 0 Å². The Morgan fingerprint density at radius 3 is 2.29 bits per heavy atom. The van der Waals surface area contributed by atoms with Crippen LogP contribution in [0.2, 0.25) is 10.0 Å². The lowest BCUT2D eigenvalue weighted by atomic mass is 10.1. The lowest BCUT2D eigenvalue weighted by Gasteiger charge is -2.14. The average molecular weight is 484 g/mol. The highest BCUT2D eigenvalue weighted by molar-refractivity contribution is 7.92. The predicted octanol–water partition coefficient (Wildman–Crippen LogP) is 5.09. The molecule has 0 radical (unpaired) electrons. The monoisotopic (exact) mass is 483 g/mol. The Labute approximate surface area is 185 Å². The fourth-order valence-corrected chi connectivity index (χ4v) is 4.11. The summed E-state index contributed by atoms with van der Waals surface area (Å²) in [5.74, 6) is -1.87. The zero-order chi connectivity index (χ0) is 22.8. The van der Waals surface area contributed by atoms with Gasteiger partial charge in [-0.25, -0.2) is 12.8 Å². The fraction of sp³-hybridized carbons (Fsp3) is 0. The van der Waals surface area contributed by atoms with E-state index in [0.29, 0.717) is 0 Å². The smallest absolute Gasteiger partial charge is 0.283 e. The molecule has 0 unspecified atom stereocenters. The van der Waals surface area contributed by atoms with Crippen molar-refractivity contribution in [2.45, 2.75) is 4.90 Å². The molecule has 12 heteroatoms. The van der Waals surface area contributed by atoms with E-state index in [4.69, 9.17) is 23.2 Å². The molecule has 3 aromatic rings. The lowest BCUT2D eigenvalue weighted by molar-refractivity contribution is -0.385. The van der Waals surface area contributed by atoms with Crippen molar-refractivity contribution in [2.24, 2.45) is 0 Å². The molecule has 0 fully saturated rings. The van der Waals surface area contributed by atoms with Gasteiger partial charge in [-0.3, -0.25) is 19.6 Å². The minimum atomic E-state index is -4.35. The second-order valence-electron chi connectivity index (χ2n) is 6.10. The Morgan fingerprint density at radius 2 is 1.61 bits per heavy atom. The molecule has 160 valence electrons. The standard InChI is InChI=1S/C19H12Cl2FN3O5S/c20-11-6-8-15(24-31(29,30)18-4-2-1-3-14(18)22)16(9-11)23-19(26)13-7-5-12(21)10-17(13)25(27)28/h1-10,24H,(H,23,26). The average Bonchev–Trinajstić information content (AvgIpc) is 2.70. The SMILES string of the molecule is O=C(Nc1cc(Cl)ccc1NS(=O)(=O)c1ccccc1F)c1ccc(Cl)cc1[N+](=O)[O-]. The van der Waals surface area contributed by atoms with Gasteiger partial charge in [0.1, 0.15) is 16.3 Å². The summed E-state index contributed by atoms with van der Waals surface area (Å²) < 4.78 is 41.3. The van der Waals surface area contributed by atoms with Crippen LogP contribution in [0, 0.1) is 15.9 Å². The van der Waals surface area contributed by atoms with Crippen LogP contribution in [-0.2, 0) is 10.0 Å². The first kappa shape index (κ1) is 22.5. The molecule has 0 bridgehead atoms. The number of nitrogens with one attached hydrogen (secondary N) is 2. The van der Waals surface area contributed by atoms with Gasteiger partial charge in [-0.1, -0.05) is 35.3 Å². The van der Waals surface area contributed by atoms with Crippen LogP contribution >= 0.6 is 23.2 Å². The van der Waals surface area contributed by atoms with Gasteiger partial charge in [0.05, 0.1) is 16.3 Å². The van der Waals surface area contributed by atoms with Gasteiger partial charge >= 0.3 is 0 Å². The summed E-state index contributed by atoms with van der Waals surface area (Å²) in [6.07, 6.45) is 0. The van der Waals surface area contributed by atoms with Gasteiger partial charge in [-0.05, 0) is 42.5 Å². The van der Waals surface area contributed by atoms with Crippen LogP contribution in [0.15, 0.2) is 65.6 Å². The number of nitrogens with zero attached hydrogens (tertiary/aromatic N) is 1. The van der Waals surface area contributed by atoms with E-state index in [1.165, 1.54) is 36.4 Å². The molecule has 31 heavy (non-hydrogen) atoms. The maximum atomic E-state index is 14.0. The van der Waals surface area contributed by atoms with Crippen molar-refractivity contribution in [3.05, 3.63) is 92.2 Å². The third-order valence-electron chi connectivity index (χ3n) is 4.00. The van der Waals surface area contributed by atoms with E-state index in [0.717, 1.165) is 24.3 Å². The zero-order valence-electron chi connectivity index (χ0n) is 15.3. The van der Waals surface area contributed by atoms with E-state index in [9.17, 15) is 27.7 Å². The summed E-state index contributed by atoms with van der Waals surface area (Å²) in [6.45, 7) is 0. The third-order valence-corrected chi connectivity index (χ3v) is 5.87. The number of nitro benzene ring substituents is 1. The summed E-state index contributed by atoms with van der Waals surface area (Å²) in [7, 11) is -4.35. The molecule has 0 heterocycles. The number of carbonyl (C=O) groups is 1. The molecule has 0 atom stereocenters. The van der Waals surface area contributed by atoms with Crippen molar-refractivity contribution in [3.8, 4) is 0 Å². The summed E-state index contributed by atoms with van der Waals surface area (Å²) in [6, 6.07) is 12.0. The van der Waals surface area contributed by atoms with E-state index in [2.05, 4.69) is 10.0 Å². The Morgan fingerprint density at radius 1 is 0.968 bits per heavy atom. The molecular weight excluding hydrogens is 472 g/mol. The molecule has 1 amide bonds. The Balaban J connectivity index is 1.97. The van der Waals surface area contributed by atoms with Crippen molar-refractivity contribution in [2.75, 3.05) is 10.0 Å². The summed E-state index contributed by atoms with van der Waals surface area (Å²) in [4.78, 5) is 22.5. The molecule has 2 N–H and O–H groups in total. The van der Waals surface area contributed by atoms with Crippen LogP contribution < -0.4 is 10.0 Å². The summed E-state index contributed by atoms with van der Waals surface area (Å²) in [5, 5.41) is 13.8. The number of anilines is 2. The van der Waals surface area contributed by atoms with Gasteiger partial charge < -0.3 is 5.32 Å². The number of halogens is 3. The number of benzene rings is 3.